The Hall–Kier alpha value is -1.01. The molecule has 0 radical (unpaired) electrons. The summed E-state index contributed by atoms with van der Waals surface area (Å²) in [7, 11) is -3.46. The van der Waals surface area contributed by atoms with Gasteiger partial charge in [-0.2, -0.15) is 0 Å². The quantitative estimate of drug-likeness (QED) is 0.910. The van der Waals surface area contributed by atoms with E-state index >= 15 is 0 Å². The first-order chi connectivity index (χ1) is 9.04. The van der Waals surface area contributed by atoms with E-state index in [2.05, 4.69) is 5.32 Å². The van der Waals surface area contributed by atoms with Gasteiger partial charge in [0.1, 0.15) is 0 Å². The first-order valence-corrected chi connectivity index (χ1v) is 8.30. The second kappa shape index (κ2) is 5.77. The molecular formula is C14H21F2NO2S. The van der Waals surface area contributed by atoms with Crippen LogP contribution in [-0.4, -0.2) is 26.0 Å². The molecule has 0 saturated heterocycles. The van der Waals surface area contributed by atoms with Crippen LogP contribution < -0.4 is 5.32 Å². The molecule has 0 spiro atoms. The number of aryl methyl sites for hydroxylation is 1. The molecule has 1 atom stereocenters. The summed E-state index contributed by atoms with van der Waals surface area (Å²) in [5.41, 5.74) is 0.226. The zero-order valence-electron chi connectivity index (χ0n) is 12.4. The minimum Gasteiger partial charge on any atom is -0.309 e. The first kappa shape index (κ1) is 17.0. The average Bonchev–Trinajstić information content (AvgIpc) is 2.33. The number of benzene rings is 1. The molecule has 0 bridgehead atoms. The molecule has 0 saturated carbocycles. The lowest BCUT2D eigenvalue weighted by Crippen LogP contribution is -2.45. The molecular weight excluding hydrogens is 284 g/mol. The van der Waals surface area contributed by atoms with E-state index in [4.69, 9.17) is 0 Å². The van der Waals surface area contributed by atoms with Gasteiger partial charge in [0.2, 0.25) is 0 Å². The van der Waals surface area contributed by atoms with Crippen LogP contribution in [0.4, 0.5) is 8.78 Å². The second-order valence-corrected chi connectivity index (χ2v) is 8.06. The van der Waals surface area contributed by atoms with Gasteiger partial charge in [0.25, 0.3) is 0 Å². The third kappa shape index (κ3) is 3.01. The number of hydrogen-bond acceptors (Lipinski definition) is 3. The van der Waals surface area contributed by atoms with Crippen molar-refractivity contribution in [3.8, 4) is 0 Å². The highest BCUT2D eigenvalue weighted by Gasteiger charge is 2.41. The van der Waals surface area contributed by atoms with E-state index in [1.165, 1.54) is 32.9 Å². The standard InChI is InChI=1S/C14H21F2NO2S/c1-6-17-13(14(3,4)20(5,18)19)10-8-7-9(2)11(15)12(10)16/h7-8,13,17H,6H2,1-5H3. The van der Waals surface area contributed by atoms with E-state index in [0.717, 1.165) is 6.26 Å². The molecule has 3 nitrogen and oxygen atoms in total. The topological polar surface area (TPSA) is 46.2 Å². The zero-order chi connectivity index (χ0) is 15.7. The highest BCUT2D eigenvalue weighted by atomic mass is 32.2. The van der Waals surface area contributed by atoms with Crippen LogP contribution in [0.5, 0.6) is 0 Å². The minimum atomic E-state index is -3.46. The predicted octanol–water partition coefficient (Wildman–Crippen LogP) is 2.75. The van der Waals surface area contributed by atoms with Gasteiger partial charge in [-0.1, -0.05) is 19.1 Å². The summed E-state index contributed by atoms with van der Waals surface area (Å²) < 4.78 is 50.5. The van der Waals surface area contributed by atoms with Crippen LogP contribution in [0, 0.1) is 18.6 Å². The van der Waals surface area contributed by atoms with Crippen molar-refractivity contribution in [1.29, 1.82) is 0 Å². The molecule has 0 aliphatic heterocycles. The maximum Gasteiger partial charge on any atom is 0.163 e. The Morgan fingerprint density at radius 2 is 1.80 bits per heavy atom. The first-order valence-electron chi connectivity index (χ1n) is 6.41. The van der Waals surface area contributed by atoms with Crippen molar-refractivity contribution in [1.82, 2.24) is 5.32 Å². The van der Waals surface area contributed by atoms with Crippen LogP contribution in [0.3, 0.4) is 0 Å². The number of sulfone groups is 1. The summed E-state index contributed by atoms with van der Waals surface area (Å²) in [6, 6.07) is 2.07. The van der Waals surface area contributed by atoms with Gasteiger partial charge in [0.05, 0.1) is 10.8 Å². The minimum absolute atomic E-state index is 0.0328. The van der Waals surface area contributed by atoms with Crippen molar-refractivity contribution in [3.05, 3.63) is 34.9 Å². The Morgan fingerprint density at radius 1 is 1.25 bits per heavy atom. The third-order valence-corrected chi connectivity index (χ3v) is 5.82. The largest absolute Gasteiger partial charge is 0.309 e. The van der Waals surface area contributed by atoms with E-state index in [1.807, 2.05) is 0 Å². The maximum absolute atomic E-state index is 14.1. The van der Waals surface area contributed by atoms with Gasteiger partial charge in [-0.3, -0.25) is 0 Å². The van der Waals surface area contributed by atoms with E-state index in [0.29, 0.717) is 6.54 Å². The Bertz CT molecular complexity index is 597. The molecule has 1 aromatic rings. The molecule has 6 heteroatoms. The monoisotopic (exact) mass is 305 g/mol. The highest BCUT2D eigenvalue weighted by Crippen LogP contribution is 2.34. The molecule has 0 aliphatic carbocycles. The fraction of sp³-hybridized carbons (Fsp3) is 0.571. The summed E-state index contributed by atoms with van der Waals surface area (Å²) in [5.74, 6) is -1.93. The molecule has 0 heterocycles. The number of hydrogen-bond donors (Lipinski definition) is 1. The van der Waals surface area contributed by atoms with E-state index in [1.54, 1.807) is 6.92 Å². The van der Waals surface area contributed by atoms with Crippen molar-refractivity contribution in [3.63, 3.8) is 0 Å². The van der Waals surface area contributed by atoms with Gasteiger partial charge >= 0.3 is 0 Å². The summed E-state index contributed by atoms with van der Waals surface area (Å²) in [6.45, 7) is 6.71. The summed E-state index contributed by atoms with van der Waals surface area (Å²) in [6.07, 6.45) is 1.10. The van der Waals surface area contributed by atoms with E-state index < -0.39 is 32.3 Å². The number of nitrogens with one attached hydrogen (secondary N) is 1. The molecule has 0 aliphatic rings. The molecule has 0 aromatic heterocycles. The third-order valence-electron chi connectivity index (χ3n) is 3.68. The maximum atomic E-state index is 14.1. The molecule has 1 unspecified atom stereocenters. The zero-order valence-corrected chi connectivity index (χ0v) is 13.2. The average molecular weight is 305 g/mol. The van der Waals surface area contributed by atoms with Gasteiger partial charge in [-0.15, -0.1) is 0 Å². The van der Waals surface area contributed by atoms with Crippen LogP contribution >= 0.6 is 0 Å². The number of halogens is 2. The normalized spacial score (nSPS) is 14.3. The summed E-state index contributed by atoms with van der Waals surface area (Å²) in [4.78, 5) is 0. The van der Waals surface area contributed by atoms with Crippen molar-refractivity contribution in [2.24, 2.45) is 0 Å². The Morgan fingerprint density at radius 3 is 2.25 bits per heavy atom. The highest BCUT2D eigenvalue weighted by molar-refractivity contribution is 7.92. The lowest BCUT2D eigenvalue weighted by molar-refractivity contribution is 0.401. The van der Waals surface area contributed by atoms with Gasteiger partial charge < -0.3 is 5.32 Å². The lowest BCUT2D eigenvalue weighted by atomic mass is 9.93. The van der Waals surface area contributed by atoms with E-state index in [-0.39, 0.29) is 11.1 Å². The van der Waals surface area contributed by atoms with Crippen LogP contribution in [0.15, 0.2) is 12.1 Å². The second-order valence-electron chi connectivity index (χ2n) is 5.47. The fourth-order valence-corrected chi connectivity index (χ4v) is 2.67. The Labute approximate surface area is 119 Å². The van der Waals surface area contributed by atoms with Crippen LogP contribution in [-0.2, 0) is 9.84 Å². The van der Waals surface area contributed by atoms with Crippen molar-refractivity contribution < 1.29 is 17.2 Å². The SMILES string of the molecule is CCNC(c1ccc(C)c(F)c1F)C(C)(C)S(C)(=O)=O. The van der Waals surface area contributed by atoms with Gasteiger partial charge in [-0.05, 0) is 32.9 Å². The van der Waals surface area contributed by atoms with Gasteiger partial charge in [0, 0.05) is 11.8 Å². The van der Waals surface area contributed by atoms with Crippen LogP contribution in [0.2, 0.25) is 0 Å². The molecule has 114 valence electrons. The molecule has 1 aromatic carbocycles. The van der Waals surface area contributed by atoms with Gasteiger partial charge in [-0.25, -0.2) is 17.2 Å². The van der Waals surface area contributed by atoms with Crippen LogP contribution in [0.25, 0.3) is 0 Å². The predicted molar refractivity (Wildman–Crippen MR) is 76.4 cm³/mol. The van der Waals surface area contributed by atoms with E-state index in [9.17, 15) is 17.2 Å². The molecule has 20 heavy (non-hydrogen) atoms. The van der Waals surface area contributed by atoms with Crippen molar-refractivity contribution >= 4 is 9.84 Å². The number of rotatable bonds is 5. The van der Waals surface area contributed by atoms with Gasteiger partial charge in [0.15, 0.2) is 21.5 Å². The van der Waals surface area contributed by atoms with Crippen LogP contribution in [0.1, 0.15) is 37.9 Å². The molecule has 1 N–H and O–H groups in total. The molecule has 1 rings (SSSR count). The lowest BCUT2D eigenvalue weighted by Gasteiger charge is -2.34. The summed E-state index contributed by atoms with van der Waals surface area (Å²) in [5, 5.41) is 2.95. The Kier molecular flexibility index (Phi) is 4.92. The van der Waals surface area contributed by atoms with Crippen molar-refractivity contribution in [2.45, 2.75) is 38.5 Å². The fourth-order valence-electron chi connectivity index (χ4n) is 2.03. The molecule has 0 fully saturated rings. The molecule has 0 amide bonds. The Balaban J connectivity index is 3.47. The summed E-state index contributed by atoms with van der Waals surface area (Å²) >= 11 is 0. The van der Waals surface area contributed by atoms with Crippen molar-refractivity contribution in [2.75, 3.05) is 12.8 Å². The smallest absolute Gasteiger partial charge is 0.163 e.